The molecule has 0 bridgehead atoms. The number of hydrogen-bond donors (Lipinski definition) is 2. The van der Waals surface area contributed by atoms with E-state index in [4.69, 9.17) is 9.47 Å². The fraction of sp³-hybridized carbons (Fsp3) is 0.185. The first-order valence-electron chi connectivity index (χ1n) is 11.4. The van der Waals surface area contributed by atoms with Crippen LogP contribution >= 0.6 is 12.6 Å². The number of para-hydroxylation sites is 2. The van der Waals surface area contributed by atoms with Gasteiger partial charge in [0, 0.05) is 30.8 Å². The zero-order valence-electron chi connectivity index (χ0n) is 20.2. The average molecular weight is 517 g/mol. The van der Waals surface area contributed by atoms with Crippen LogP contribution in [0.3, 0.4) is 0 Å². The van der Waals surface area contributed by atoms with Crippen LogP contribution in [0.5, 0.6) is 17.2 Å². The lowest BCUT2D eigenvalue weighted by molar-refractivity contribution is -0.115. The number of thiol groups is 1. The third-order valence-corrected chi connectivity index (χ3v) is 6.16. The number of hydrogen-bond acceptors (Lipinski definition) is 7. The average Bonchev–Trinajstić information content (AvgIpc) is 2.91. The van der Waals surface area contributed by atoms with Crippen LogP contribution in [0.2, 0.25) is 0 Å². The van der Waals surface area contributed by atoms with E-state index < -0.39 is 11.2 Å². The van der Waals surface area contributed by atoms with Gasteiger partial charge >= 0.3 is 5.69 Å². The highest BCUT2D eigenvalue weighted by Crippen LogP contribution is 2.40. The number of anilines is 1. The number of amides is 1. The Morgan fingerprint density at radius 1 is 1.08 bits per heavy atom. The second kappa shape index (κ2) is 11.1. The second-order valence-electron chi connectivity index (χ2n) is 8.20. The molecule has 1 amide bonds. The number of aryl methyl sites for hydroxylation is 1. The Morgan fingerprint density at radius 2 is 1.84 bits per heavy atom. The molecule has 4 aromatic rings. The number of nitrogens with one attached hydrogen (secondary N) is 1. The van der Waals surface area contributed by atoms with Crippen molar-refractivity contribution in [3.63, 3.8) is 0 Å². The van der Waals surface area contributed by atoms with Gasteiger partial charge in [-0.25, -0.2) is 4.79 Å². The molecule has 3 aromatic carbocycles. The molecule has 0 radical (unpaired) electrons. The van der Waals surface area contributed by atoms with Gasteiger partial charge in [-0.15, -0.1) is 0 Å². The number of aromatic amines is 1. The molecule has 1 N–H and O–H groups in total. The molecular weight excluding hydrogens is 492 g/mol. The molecule has 0 spiro atoms. The molecule has 0 unspecified atom stereocenters. The summed E-state index contributed by atoms with van der Waals surface area (Å²) in [5.74, 6) is 1.22. The standard InChI is InChI=1S/C27H24N4O5S/c1-17-20-13-18(15-28)7-8-19(20)21(30(2)26(33)16-37)14-24(17)36-23-6-4-3-5-22(23)35-12-11-31-10-9-25(32)29-27(31)34/h3-10,13-14,37H,11-12,16H2,1-2H3,(H,29,32,34). The van der Waals surface area contributed by atoms with E-state index in [1.165, 1.54) is 21.7 Å². The van der Waals surface area contributed by atoms with E-state index in [9.17, 15) is 19.6 Å². The Balaban J connectivity index is 1.68. The predicted molar refractivity (Wildman–Crippen MR) is 144 cm³/mol. The Morgan fingerprint density at radius 3 is 2.54 bits per heavy atom. The lowest BCUT2D eigenvalue weighted by atomic mass is 9.99. The van der Waals surface area contributed by atoms with Gasteiger partial charge in [0.25, 0.3) is 5.56 Å². The fourth-order valence-corrected chi connectivity index (χ4v) is 4.07. The van der Waals surface area contributed by atoms with Gasteiger partial charge in [0.1, 0.15) is 12.4 Å². The molecule has 0 saturated heterocycles. The first kappa shape index (κ1) is 25.6. The minimum atomic E-state index is -0.517. The maximum atomic E-state index is 12.5. The van der Waals surface area contributed by atoms with Crippen molar-refractivity contribution in [2.75, 3.05) is 24.3 Å². The van der Waals surface area contributed by atoms with Crippen LogP contribution < -0.4 is 25.6 Å². The molecule has 0 saturated carbocycles. The van der Waals surface area contributed by atoms with Gasteiger partial charge in [0.05, 0.1) is 29.6 Å². The summed E-state index contributed by atoms with van der Waals surface area (Å²) < 4.78 is 13.5. The first-order chi connectivity index (χ1) is 17.8. The maximum Gasteiger partial charge on any atom is 0.328 e. The molecule has 0 atom stereocenters. The maximum absolute atomic E-state index is 12.5. The molecule has 1 heterocycles. The number of fused-ring (bicyclic) bond motifs is 1. The number of benzene rings is 3. The van der Waals surface area contributed by atoms with Crippen molar-refractivity contribution in [3.05, 3.63) is 92.8 Å². The third kappa shape index (κ3) is 5.52. The molecule has 0 fully saturated rings. The molecular formula is C27H24N4O5S. The second-order valence-corrected chi connectivity index (χ2v) is 8.52. The molecule has 1 aromatic heterocycles. The highest BCUT2D eigenvalue weighted by molar-refractivity contribution is 7.81. The van der Waals surface area contributed by atoms with Crippen molar-refractivity contribution in [2.45, 2.75) is 13.5 Å². The van der Waals surface area contributed by atoms with Crippen LogP contribution in [0.25, 0.3) is 10.8 Å². The largest absolute Gasteiger partial charge is 0.488 e. The summed E-state index contributed by atoms with van der Waals surface area (Å²) in [6, 6.07) is 17.6. The molecule has 0 aliphatic heterocycles. The summed E-state index contributed by atoms with van der Waals surface area (Å²) >= 11 is 4.12. The molecule has 9 nitrogen and oxygen atoms in total. The highest BCUT2D eigenvalue weighted by atomic mass is 32.1. The smallest absolute Gasteiger partial charge is 0.328 e. The summed E-state index contributed by atoms with van der Waals surface area (Å²) in [6.07, 6.45) is 1.41. The minimum absolute atomic E-state index is 0.0351. The van der Waals surface area contributed by atoms with E-state index in [0.29, 0.717) is 28.5 Å². The zero-order chi connectivity index (χ0) is 26.5. The van der Waals surface area contributed by atoms with E-state index in [1.807, 2.05) is 13.0 Å². The topological polar surface area (TPSA) is 117 Å². The Hall–Kier alpha value is -4.49. The summed E-state index contributed by atoms with van der Waals surface area (Å²) in [5.41, 5.74) is 0.918. The molecule has 0 aliphatic rings. The van der Waals surface area contributed by atoms with Crippen LogP contribution in [-0.4, -0.2) is 34.9 Å². The fourth-order valence-electron chi connectivity index (χ4n) is 3.86. The third-order valence-electron chi connectivity index (χ3n) is 5.89. The van der Waals surface area contributed by atoms with Crippen molar-refractivity contribution in [3.8, 4) is 23.3 Å². The van der Waals surface area contributed by atoms with Crippen LogP contribution in [0.1, 0.15) is 11.1 Å². The first-order valence-corrected chi connectivity index (χ1v) is 12.0. The number of nitriles is 1. The number of ether oxygens (including phenoxy) is 2. The van der Waals surface area contributed by atoms with Crippen LogP contribution in [-0.2, 0) is 11.3 Å². The molecule has 37 heavy (non-hydrogen) atoms. The van der Waals surface area contributed by atoms with E-state index in [2.05, 4.69) is 23.7 Å². The number of aromatic nitrogens is 2. The molecule has 10 heteroatoms. The summed E-state index contributed by atoms with van der Waals surface area (Å²) in [5, 5.41) is 11.0. The van der Waals surface area contributed by atoms with Crippen LogP contribution in [0.15, 0.2) is 70.4 Å². The number of H-pyrrole nitrogens is 1. The highest BCUT2D eigenvalue weighted by Gasteiger charge is 2.18. The van der Waals surface area contributed by atoms with Crippen molar-refractivity contribution < 1.29 is 14.3 Å². The van der Waals surface area contributed by atoms with Gasteiger partial charge in [0.15, 0.2) is 11.5 Å². The molecule has 0 aliphatic carbocycles. The van der Waals surface area contributed by atoms with Gasteiger partial charge < -0.3 is 14.4 Å². The summed E-state index contributed by atoms with van der Waals surface area (Å²) in [6.45, 7) is 2.25. The van der Waals surface area contributed by atoms with Gasteiger partial charge in [0.2, 0.25) is 5.91 Å². The SMILES string of the molecule is Cc1c(Oc2ccccc2OCCn2ccc(=O)[nH]c2=O)cc(N(C)C(=O)CS)c2ccc(C#N)cc12. The van der Waals surface area contributed by atoms with Crippen molar-refractivity contribution in [1.82, 2.24) is 9.55 Å². The minimum Gasteiger partial charge on any atom is -0.488 e. The Bertz CT molecular complexity index is 1640. The van der Waals surface area contributed by atoms with Crippen molar-refractivity contribution in [2.24, 2.45) is 0 Å². The number of rotatable bonds is 8. The van der Waals surface area contributed by atoms with Crippen LogP contribution in [0, 0.1) is 18.3 Å². The van der Waals surface area contributed by atoms with E-state index in [0.717, 1.165) is 16.3 Å². The monoisotopic (exact) mass is 516 g/mol. The van der Waals surface area contributed by atoms with Gasteiger partial charge in [-0.05, 0) is 42.1 Å². The van der Waals surface area contributed by atoms with Crippen molar-refractivity contribution >= 4 is 35.0 Å². The van der Waals surface area contributed by atoms with Gasteiger partial charge in [-0.3, -0.25) is 19.1 Å². The molecule has 188 valence electrons. The predicted octanol–water partition coefficient (Wildman–Crippen LogP) is 3.63. The van der Waals surface area contributed by atoms with Crippen LogP contribution in [0.4, 0.5) is 5.69 Å². The lowest BCUT2D eigenvalue weighted by Gasteiger charge is -2.22. The number of nitrogens with zero attached hydrogens (tertiary/aromatic N) is 3. The zero-order valence-corrected chi connectivity index (χ0v) is 21.1. The Kier molecular flexibility index (Phi) is 7.65. The normalized spacial score (nSPS) is 10.6. The summed E-state index contributed by atoms with van der Waals surface area (Å²) in [7, 11) is 1.67. The Labute approximate surface area is 217 Å². The number of carbonyl (C=O) groups excluding carboxylic acids is 1. The van der Waals surface area contributed by atoms with Gasteiger partial charge in [-0.2, -0.15) is 17.9 Å². The van der Waals surface area contributed by atoms with Crippen molar-refractivity contribution in [1.29, 1.82) is 5.26 Å². The lowest BCUT2D eigenvalue weighted by Crippen LogP contribution is -2.30. The number of carbonyl (C=O) groups is 1. The van der Waals surface area contributed by atoms with E-state index in [1.54, 1.807) is 49.5 Å². The summed E-state index contributed by atoms with van der Waals surface area (Å²) in [4.78, 5) is 39.4. The quantitative estimate of drug-likeness (QED) is 0.346. The van der Waals surface area contributed by atoms with Gasteiger partial charge in [-0.1, -0.05) is 18.2 Å². The van der Waals surface area contributed by atoms with E-state index in [-0.39, 0.29) is 24.8 Å². The van der Waals surface area contributed by atoms with E-state index >= 15 is 0 Å². The molecule has 4 rings (SSSR count).